The van der Waals surface area contributed by atoms with Gasteiger partial charge in [-0.15, -0.1) is 11.3 Å². The van der Waals surface area contributed by atoms with Gasteiger partial charge in [-0.05, 0) is 51.6 Å². The van der Waals surface area contributed by atoms with Gasteiger partial charge in [0, 0.05) is 50.2 Å². The van der Waals surface area contributed by atoms with Crippen molar-refractivity contribution in [2.24, 2.45) is 5.92 Å². The van der Waals surface area contributed by atoms with Crippen LogP contribution in [0.15, 0.2) is 60.1 Å². The van der Waals surface area contributed by atoms with Crippen LogP contribution in [0.2, 0.25) is 0 Å². The van der Waals surface area contributed by atoms with E-state index >= 15 is 0 Å². The van der Waals surface area contributed by atoms with E-state index in [0.717, 1.165) is 22.8 Å². The summed E-state index contributed by atoms with van der Waals surface area (Å²) >= 11 is 1.44. The Labute approximate surface area is 233 Å². The predicted octanol–water partition coefficient (Wildman–Crippen LogP) is 4.31. The Hall–Kier alpha value is -3.56. The Kier molecular flexibility index (Phi) is 8.09. The lowest BCUT2D eigenvalue weighted by Gasteiger charge is -2.36. The summed E-state index contributed by atoms with van der Waals surface area (Å²) < 4.78 is 0. The van der Waals surface area contributed by atoms with Gasteiger partial charge < -0.3 is 14.7 Å². The number of carbonyl (C=O) groups is 3. The van der Waals surface area contributed by atoms with Crippen molar-refractivity contribution < 1.29 is 14.4 Å². The summed E-state index contributed by atoms with van der Waals surface area (Å²) in [6, 6.07) is 15.2. The molecule has 8 nitrogen and oxygen atoms in total. The minimum absolute atomic E-state index is 0.0670. The number of thiazole rings is 1. The van der Waals surface area contributed by atoms with Crippen molar-refractivity contribution in [2.75, 3.05) is 45.2 Å². The molecule has 1 aromatic heterocycles. The molecule has 1 atom stereocenters. The molecule has 0 bridgehead atoms. The van der Waals surface area contributed by atoms with Crippen molar-refractivity contribution in [3.05, 3.63) is 81.8 Å². The number of likely N-dealkylation sites (N-methyl/N-ethyl adjacent to an activating group) is 1. The van der Waals surface area contributed by atoms with Crippen LogP contribution >= 0.6 is 11.3 Å². The molecule has 5 rings (SSSR count). The highest BCUT2D eigenvalue weighted by atomic mass is 32.1. The van der Waals surface area contributed by atoms with E-state index in [1.54, 1.807) is 12.3 Å². The van der Waals surface area contributed by atoms with E-state index in [1.807, 2.05) is 61.6 Å². The van der Waals surface area contributed by atoms with Crippen LogP contribution in [0.4, 0.5) is 5.69 Å². The molecule has 0 aliphatic carbocycles. The van der Waals surface area contributed by atoms with E-state index in [9.17, 15) is 14.4 Å². The minimum Gasteiger partial charge on any atom is -0.371 e. The van der Waals surface area contributed by atoms with Gasteiger partial charge in [-0.25, -0.2) is 4.98 Å². The topological polar surface area (TPSA) is 77.1 Å². The summed E-state index contributed by atoms with van der Waals surface area (Å²) in [7, 11) is 4.04. The Morgan fingerprint density at radius 3 is 2.44 bits per heavy atom. The zero-order valence-corrected chi connectivity index (χ0v) is 23.6. The standard InChI is InChI=1S/C30H35N5O3S/c1-21(27-31-14-19-39-27)35-29(37)24-10-7-11-25(26(24)30(35)38)33-15-12-23(13-16-33)28(36)34(18-17-32(2)3)20-22-8-5-4-6-9-22/h4-11,14,19,21,23H,12-13,15-18,20H2,1-3H3. The van der Waals surface area contributed by atoms with Gasteiger partial charge in [0.15, 0.2) is 0 Å². The van der Waals surface area contributed by atoms with Crippen LogP contribution in [-0.4, -0.2) is 77.7 Å². The Morgan fingerprint density at radius 2 is 1.77 bits per heavy atom. The minimum atomic E-state index is -0.425. The summed E-state index contributed by atoms with van der Waals surface area (Å²) in [5, 5.41) is 2.59. The summed E-state index contributed by atoms with van der Waals surface area (Å²) in [5.41, 5.74) is 2.81. The number of benzene rings is 2. The molecule has 0 saturated carbocycles. The molecule has 0 spiro atoms. The number of piperidine rings is 1. The van der Waals surface area contributed by atoms with E-state index in [1.165, 1.54) is 16.2 Å². The molecule has 1 saturated heterocycles. The second-order valence-electron chi connectivity index (χ2n) is 10.5. The third kappa shape index (κ3) is 5.60. The van der Waals surface area contributed by atoms with E-state index in [0.29, 0.717) is 50.1 Å². The summed E-state index contributed by atoms with van der Waals surface area (Å²) in [6.45, 7) is 5.24. The Morgan fingerprint density at radius 1 is 1.03 bits per heavy atom. The molecule has 0 N–H and O–H groups in total. The zero-order valence-electron chi connectivity index (χ0n) is 22.7. The highest BCUT2D eigenvalue weighted by Gasteiger charge is 2.42. The molecule has 2 aliphatic rings. The van der Waals surface area contributed by atoms with Crippen molar-refractivity contribution in [1.82, 2.24) is 19.7 Å². The van der Waals surface area contributed by atoms with Crippen LogP contribution < -0.4 is 4.90 Å². The van der Waals surface area contributed by atoms with Crippen LogP contribution in [0, 0.1) is 5.92 Å². The van der Waals surface area contributed by atoms with Crippen molar-refractivity contribution in [3.63, 3.8) is 0 Å². The first-order chi connectivity index (χ1) is 18.8. The second kappa shape index (κ2) is 11.7. The van der Waals surface area contributed by atoms with Crippen molar-refractivity contribution >= 4 is 34.7 Å². The number of carbonyl (C=O) groups excluding carboxylic acids is 3. The van der Waals surface area contributed by atoms with E-state index < -0.39 is 6.04 Å². The maximum absolute atomic E-state index is 13.6. The molecule has 204 valence electrons. The molecule has 3 aromatic rings. The molecule has 39 heavy (non-hydrogen) atoms. The third-order valence-corrected chi connectivity index (χ3v) is 8.60. The molecule has 1 fully saturated rings. The van der Waals surface area contributed by atoms with Gasteiger partial charge in [-0.1, -0.05) is 36.4 Å². The maximum Gasteiger partial charge on any atom is 0.264 e. The van der Waals surface area contributed by atoms with E-state index in [-0.39, 0.29) is 23.6 Å². The number of fused-ring (bicyclic) bond motifs is 1. The quantitative estimate of drug-likeness (QED) is 0.373. The van der Waals surface area contributed by atoms with Crippen molar-refractivity contribution in [3.8, 4) is 0 Å². The number of hydrogen-bond donors (Lipinski definition) is 0. The van der Waals surface area contributed by atoms with Gasteiger partial charge in [0.1, 0.15) is 5.01 Å². The second-order valence-corrected chi connectivity index (χ2v) is 11.5. The highest BCUT2D eigenvalue weighted by Crippen LogP contribution is 2.38. The Balaban J connectivity index is 1.29. The lowest BCUT2D eigenvalue weighted by molar-refractivity contribution is -0.137. The average molecular weight is 546 g/mol. The van der Waals surface area contributed by atoms with Crippen LogP contribution in [-0.2, 0) is 11.3 Å². The van der Waals surface area contributed by atoms with Crippen molar-refractivity contribution in [1.29, 1.82) is 0 Å². The van der Waals surface area contributed by atoms with Crippen LogP contribution in [0.1, 0.15) is 57.1 Å². The molecule has 1 unspecified atom stereocenters. The summed E-state index contributed by atoms with van der Waals surface area (Å²) in [4.78, 5) is 52.4. The molecular formula is C30H35N5O3S. The largest absolute Gasteiger partial charge is 0.371 e. The van der Waals surface area contributed by atoms with E-state index in [2.05, 4.69) is 26.9 Å². The van der Waals surface area contributed by atoms with Crippen LogP contribution in [0.25, 0.3) is 0 Å². The third-order valence-electron chi connectivity index (χ3n) is 7.65. The number of hydrogen-bond acceptors (Lipinski definition) is 7. The normalized spacial score (nSPS) is 16.6. The molecular weight excluding hydrogens is 510 g/mol. The summed E-state index contributed by atoms with van der Waals surface area (Å²) in [5.74, 6) is -0.428. The van der Waals surface area contributed by atoms with Gasteiger partial charge >= 0.3 is 0 Å². The van der Waals surface area contributed by atoms with Gasteiger partial charge in [0.05, 0.1) is 22.9 Å². The number of anilines is 1. The summed E-state index contributed by atoms with van der Waals surface area (Å²) in [6.07, 6.45) is 3.10. The number of imide groups is 1. The van der Waals surface area contributed by atoms with Gasteiger partial charge in [0.2, 0.25) is 5.91 Å². The first-order valence-electron chi connectivity index (χ1n) is 13.5. The lowest BCUT2D eigenvalue weighted by Crippen LogP contribution is -2.44. The highest BCUT2D eigenvalue weighted by molar-refractivity contribution is 7.09. The smallest absolute Gasteiger partial charge is 0.264 e. The van der Waals surface area contributed by atoms with Gasteiger partial charge in [0.25, 0.3) is 11.8 Å². The first-order valence-corrected chi connectivity index (χ1v) is 14.4. The molecule has 3 heterocycles. The lowest BCUT2D eigenvalue weighted by atomic mass is 9.93. The number of aromatic nitrogens is 1. The van der Waals surface area contributed by atoms with Crippen molar-refractivity contribution in [2.45, 2.75) is 32.4 Å². The fourth-order valence-electron chi connectivity index (χ4n) is 5.47. The molecule has 2 aliphatic heterocycles. The van der Waals surface area contributed by atoms with Crippen LogP contribution in [0.5, 0.6) is 0 Å². The maximum atomic E-state index is 13.6. The van der Waals surface area contributed by atoms with Gasteiger partial charge in [-0.3, -0.25) is 19.3 Å². The number of rotatable bonds is 9. The number of nitrogens with zero attached hydrogens (tertiary/aromatic N) is 5. The fraction of sp³-hybridized carbons (Fsp3) is 0.400. The first kappa shape index (κ1) is 27.0. The zero-order chi connectivity index (χ0) is 27.5. The monoisotopic (exact) mass is 545 g/mol. The molecule has 9 heteroatoms. The average Bonchev–Trinajstić information content (AvgIpc) is 3.58. The molecule has 2 aromatic carbocycles. The fourth-order valence-corrected chi connectivity index (χ4v) is 6.15. The van der Waals surface area contributed by atoms with E-state index in [4.69, 9.17) is 0 Å². The predicted molar refractivity (Wildman–Crippen MR) is 153 cm³/mol. The van der Waals surface area contributed by atoms with Crippen LogP contribution in [0.3, 0.4) is 0 Å². The number of amides is 3. The Bertz CT molecular complexity index is 1320. The molecule has 0 radical (unpaired) electrons. The van der Waals surface area contributed by atoms with Gasteiger partial charge in [-0.2, -0.15) is 0 Å². The SMILES string of the molecule is CC(c1nccs1)N1C(=O)c2cccc(N3CCC(C(=O)N(CCN(C)C)Cc4ccccc4)CC3)c2C1=O. The molecule has 3 amide bonds.